The fourth-order valence-electron chi connectivity index (χ4n) is 2.16. The van der Waals surface area contributed by atoms with Gasteiger partial charge in [0.15, 0.2) is 5.82 Å². The number of nitrogens with zero attached hydrogens (tertiary/aromatic N) is 6. The molecule has 144 valence electrons. The first kappa shape index (κ1) is 20.6. The molecule has 0 aromatic carbocycles. The highest BCUT2D eigenvalue weighted by Crippen LogP contribution is 2.23. The highest BCUT2D eigenvalue weighted by atomic mass is 32.2. The lowest BCUT2D eigenvalue weighted by molar-refractivity contribution is -0.127. The molecule has 0 bridgehead atoms. The Bertz CT molecular complexity index is 713. The molecule has 2 rings (SSSR count). The second kappa shape index (κ2) is 9.81. The molecule has 0 aliphatic rings. The number of hydrogen-bond donors (Lipinski definition) is 1. The second-order valence-electron chi connectivity index (χ2n) is 5.98. The largest absolute Gasteiger partial charge is 0.343 e. The van der Waals surface area contributed by atoms with Crippen molar-refractivity contribution < 1.29 is 9.32 Å². The first-order valence-electron chi connectivity index (χ1n) is 8.49. The van der Waals surface area contributed by atoms with Crippen molar-refractivity contribution in [1.82, 2.24) is 29.9 Å². The van der Waals surface area contributed by atoms with Gasteiger partial charge in [-0.25, -0.2) is 4.68 Å². The molecule has 2 heterocycles. The van der Waals surface area contributed by atoms with Crippen LogP contribution in [0.25, 0.3) is 0 Å². The van der Waals surface area contributed by atoms with Crippen LogP contribution in [0.5, 0.6) is 0 Å². The standard InChI is InChI=1S/C15H25N7O2S2/c1-5-21(6-2)13(23)9-26-15-19-18-14(22(15)16)25-8-11-17-12(24-20-11)7-10(3)4/h10H,5-9,16H2,1-4H3. The average Bonchev–Trinajstić information content (AvgIpc) is 3.18. The lowest BCUT2D eigenvalue weighted by Gasteiger charge is -2.17. The number of nitrogen functional groups attached to an aromatic ring is 1. The topological polar surface area (TPSA) is 116 Å². The molecular formula is C15H25N7O2S2. The number of hydrogen-bond acceptors (Lipinski definition) is 9. The molecule has 2 N–H and O–H groups in total. The Hall–Kier alpha value is -1.75. The van der Waals surface area contributed by atoms with Gasteiger partial charge in [0.2, 0.25) is 22.1 Å². The molecule has 0 radical (unpaired) electrons. The van der Waals surface area contributed by atoms with Crippen LogP contribution in [0, 0.1) is 5.92 Å². The van der Waals surface area contributed by atoms with Gasteiger partial charge >= 0.3 is 0 Å². The van der Waals surface area contributed by atoms with Crippen molar-refractivity contribution in [3.63, 3.8) is 0 Å². The Morgan fingerprint density at radius 1 is 1.23 bits per heavy atom. The smallest absolute Gasteiger partial charge is 0.233 e. The second-order valence-corrected chi connectivity index (χ2v) is 7.87. The third kappa shape index (κ3) is 5.63. The van der Waals surface area contributed by atoms with E-state index in [1.807, 2.05) is 13.8 Å². The molecule has 0 spiro atoms. The monoisotopic (exact) mass is 399 g/mol. The van der Waals surface area contributed by atoms with Crippen molar-refractivity contribution in [3.8, 4) is 0 Å². The molecule has 0 saturated heterocycles. The number of carbonyl (C=O) groups excluding carboxylic acids is 1. The summed E-state index contributed by atoms with van der Waals surface area (Å²) in [5.41, 5.74) is 0. The minimum Gasteiger partial charge on any atom is -0.343 e. The maximum atomic E-state index is 12.1. The van der Waals surface area contributed by atoms with Gasteiger partial charge in [-0.2, -0.15) is 4.98 Å². The number of nitrogens with two attached hydrogens (primary N) is 1. The van der Waals surface area contributed by atoms with E-state index >= 15 is 0 Å². The first-order valence-corrected chi connectivity index (χ1v) is 10.5. The van der Waals surface area contributed by atoms with E-state index in [2.05, 4.69) is 34.2 Å². The maximum absolute atomic E-state index is 12.1. The summed E-state index contributed by atoms with van der Waals surface area (Å²) in [6.07, 6.45) is 0.756. The lowest BCUT2D eigenvalue weighted by atomic mass is 10.1. The number of rotatable bonds is 10. The number of amides is 1. The van der Waals surface area contributed by atoms with Crippen LogP contribution >= 0.6 is 23.5 Å². The van der Waals surface area contributed by atoms with E-state index in [1.54, 1.807) is 4.90 Å². The molecule has 0 atom stereocenters. The molecule has 26 heavy (non-hydrogen) atoms. The summed E-state index contributed by atoms with van der Waals surface area (Å²) in [4.78, 5) is 18.2. The minimum atomic E-state index is 0.0571. The van der Waals surface area contributed by atoms with Gasteiger partial charge in [-0.1, -0.05) is 42.5 Å². The third-order valence-corrected chi connectivity index (χ3v) is 5.36. The van der Waals surface area contributed by atoms with Crippen LogP contribution in [-0.4, -0.2) is 54.7 Å². The van der Waals surface area contributed by atoms with Gasteiger partial charge in [0.05, 0.1) is 11.5 Å². The number of thioether (sulfide) groups is 2. The van der Waals surface area contributed by atoms with E-state index in [-0.39, 0.29) is 11.7 Å². The van der Waals surface area contributed by atoms with E-state index in [9.17, 15) is 4.79 Å². The zero-order chi connectivity index (χ0) is 19.1. The van der Waals surface area contributed by atoms with Crippen molar-refractivity contribution in [1.29, 1.82) is 0 Å². The van der Waals surface area contributed by atoms with Crippen LogP contribution in [0.15, 0.2) is 14.8 Å². The highest BCUT2D eigenvalue weighted by molar-refractivity contribution is 8.00. The lowest BCUT2D eigenvalue weighted by Crippen LogP contribution is -2.32. The molecule has 2 aromatic rings. The summed E-state index contributed by atoms with van der Waals surface area (Å²) in [6.45, 7) is 9.48. The van der Waals surface area contributed by atoms with Crippen molar-refractivity contribution in [3.05, 3.63) is 11.7 Å². The van der Waals surface area contributed by atoms with E-state index < -0.39 is 0 Å². The maximum Gasteiger partial charge on any atom is 0.233 e. The molecule has 9 nitrogen and oxygen atoms in total. The molecule has 0 aliphatic heterocycles. The summed E-state index contributed by atoms with van der Waals surface area (Å²) in [6, 6.07) is 0. The van der Waals surface area contributed by atoms with Crippen LogP contribution in [0.3, 0.4) is 0 Å². The SMILES string of the molecule is CCN(CC)C(=O)CSc1nnc(SCc2noc(CC(C)C)n2)n1N. The Labute approximate surface area is 161 Å². The summed E-state index contributed by atoms with van der Waals surface area (Å²) >= 11 is 2.65. The summed E-state index contributed by atoms with van der Waals surface area (Å²) in [5.74, 6) is 8.54. The van der Waals surface area contributed by atoms with Crippen molar-refractivity contribution >= 4 is 29.4 Å². The van der Waals surface area contributed by atoms with Crippen molar-refractivity contribution in [2.24, 2.45) is 5.92 Å². The van der Waals surface area contributed by atoms with Crippen molar-refractivity contribution in [2.75, 3.05) is 24.7 Å². The average molecular weight is 400 g/mol. The molecule has 11 heteroatoms. The van der Waals surface area contributed by atoms with E-state index in [0.29, 0.717) is 46.8 Å². The van der Waals surface area contributed by atoms with Crippen molar-refractivity contribution in [2.45, 2.75) is 50.2 Å². The molecule has 1 amide bonds. The fraction of sp³-hybridized carbons (Fsp3) is 0.667. The first-order chi connectivity index (χ1) is 12.4. The molecule has 2 aromatic heterocycles. The van der Waals surface area contributed by atoms with Gasteiger partial charge in [-0.3, -0.25) is 4.79 Å². The predicted molar refractivity (Wildman–Crippen MR) is 101 cm³/mol. The van der Waals surface area contributed by atoms with E-state index in [0.717, 1.165) is 6.42 Å². The van der Waals surface area contributed by atoms with Crippen LogP contribution in [-0.2, 0) is 17.0 Å². The Kier molecular flexibility index (Phi) is 7.76. The fourth-order valence-corrected chi connectivity index (χ4v) is 3.68. The highest BCUT2D eigenvalue weighted by Gasteiger charge is 2.16. The van der Waals surface area contributed by atoms with E-state index in [1.165, 1.54) is 28.2 Å². The molecular weight excluding hydrogens is 374 g/mol. The molecule has 0 aliphatic carbocycles. The van der Waals surface area contributed by atoms with E-state index in [4.69, 9.17) is 10.4 Å². The van der Waals surface area contributed by atoms with Gasteiger partial charge in [0, 0.05) is 19.5 Å². The van der Waals surface area contributed by atoms with Gasteiger partial charge in [0.25, 0.3) is 0 Å². The van der Waals surface area contributed by atoms with Crippen LogP contribution in [0.2, 0.25) is 0 Å². The van der Waals surface area contributed by atoms with Gasteiger partial charge < -0.3 is 15.3 Å². The zero-order valence-corrected chi connectivity index (χ0v) is 17.1. The normalized spacial score (nSPS) is 11.3. The van der Waals surface area contributed by atoms with Crippen LogP contribution < -0.4 is 5.84 Å². The Morgan fingerprint density at radius 3 is 2.50 bits per heavy atom. The molecule has 0 saturated carbocycles. The Balaban J connectivity index is 1.88. The third-order valence-electron chi connectivity index (χ3n) is 3.50. The summed E-state index contributed by atoms with van der Waals surface area (Å²) in [7, 11) is 0. The molecule has 0 unspecified atom stereocenters. The predicted octanol–water partition coefficient (Wildman–Crippen LogP) is 1.83. The van der Waals surface area contributed by atoms with Crippen LogP contribution in [0.1, 0.15) is 39.4 Å². The number of aromatic nitrogens is 5. The van der Waals surface area contributed by atoms with Gasteiger partial charge in [-0.15, -0.1) is 10.2 Å². The quantitative estimate of drug-likeness (QED) is 0.471. The van der Waals surface area contributed by atoms with Crippen LogP contribution in [0.4, 0.5) is 0 Å². The Morgan fingerprint density at radius 2 is 1.88 bits per heavy atom. The summed E-state index contributed by atoms with van der Waals surface area (Å²) in [5, 5.41) is 13.1. The zero-order valence-electron chi connectivity index (χ0n) is 15.5. The summed E-state index contributed by atoms with van der Waals surface area (Å²) < 4.78 is 6.60. The van der Waals surface area contributed by atoms with Gasteiger partial charge in [-0.05, 0) is 19.8 Å². The minimum absolute atomic E-state index is 0.0571. The number of carbonyl (C=O) groups is 1. The van der Waals surface area contributed by atoms with Gasteiger partial charge in [0.1, 0.15) is 0 Å². The molecule has 0 fully saturated rings.